The predicted molar refractivity (Wildman–Crippen MR) is 72.3 cm³/mol. The van der Waals surface area contributed by atoms with Gasteiger partial charge in [-0.15, -0.1) is 0 Å². The number of aryl methyl sites for hydroxylation is 1. The van der Waals surface area contributed by atoms with Gasteiger partial charge in [-0.05, 0) is 32.6 Å². The van der Waals surface area contributed by atoms with Crippen molar-refractivity contribution in [1.29, 1.82) is 0 Å². The van der Waals surface area contributed by atoms with Crippen molar-refractivity contribution in [3.05, 3.63) is 23.3 Å². The second-order valence-electron chi connectivity index (χ2n) is 6.55. The third-order valence-corrected chi connectivity index (χ3v) is 4.92. The topological polar surface area (TPSA) is 66.3 Å². The normalized spacial score (nSPS) is 27.1. The highest BCUT2D eigenvalue weighted by molar-refractivity contribution is 5.95. The van der Waals surface area contributed by atoms with Gasteiger partial charge in [-0.25, -0.2) is 9.97 Å². The SMILES string of the molecule is Cc1ncc(C(=O)N2CC(O)C3(CC3)C2)c(C2CC2)n1. The third kappa shape index (κ3) is 1.84. The van der Waals surface area contributed by atoms with Crippen LogP contribution in [-0.4, -0.2) is 45.1 Å². The Morgan fingerprint density at radius 3 is 2.80 bits per heavy atom. The zero-order chi connectivity index (χ0) is 13.9. The lowest BCUT2D eigenvalue weighted by atomic mass is 10.0. The van der Waals surface area contributed by atoms with Crippen molar-refractivity contribution in [3.63, 3.8) is 0 Å². The molecule has 0 radical (unpaired) electrons. The number of rotatable bonds is 2. The number of β-amino-alcohol motifs (C(OH)–C–C–N with tert-alkyl or cyclic N) is 1. The predicted octanol–water partition coefficient (Wildman–Crippen LogP) is 1.26. The average molecular weight is 273 g/mol. The minimum Gasteiger partial charge on any atom is -0.391 e. The van der Waals surface area contributed by atoms with Crippen LogP contribution in [0.4, 0.5) is 0 Å². The Kier molecular flexibility index (Phi) is 2.46. The van der Waals surface area contributed by atoms with Gasteiger partial charge in [0.2, 0.25) is 0 Å². The third-order valence-electron chi connectivity index (χ3n) is 4.92. The number of hydrogen-bond acceptors (Lipinski definition) is 4. The molecule has 3 aliphatic rings. The summed E-state index contributed by atoms with van der Waals surface area (Å²) >= 11 is 0. The fourth-order valence-corrected chi connectivity index (χ4v) is 3.25. The first-order valence-corrected chi connectivity index (χ1v) is 7.40. The lowest BCUT2D eigenvalue weighted by Crippen LogP contribution is -2.31. The first-order chi connectivity index (χ1) is 9.59. The highest BCUT2D eigenvalue weighted by Gasteiger charge is 2.55. The van der Waals surface area contributed by atoms with Gasteiger partial charge in [-0.1, -0.05) is 0 Å². The lowest BCUT2D eigenvalue weighted by molar-refractivity contribution is 0.0762. The summed E-state index contributed by atoms with van der Waals surface area (Å²) in [5, 5.41) is 10.1. The smallest absolute Gasteiger partial charge is 0.257 e. The van der Waals surface area contributed by atoms with Gasteiger partial charge in [-0.3, -0.25) is 4.79 Å². The number of aromatic nitrogens is 2. The molecule has 106 valence electrons. The van der Waals surface area contributed by atoms with Gasteiger partial charge in [-0.2, -0.15) is 0 Å². The van der Waals surface area contributed by atoms with E-state index in [1.54, 1.807) is 11.1 Å². The maximum atomic E-state index is 12.7. The molecule has 5 heteroatoms. The van der Waals surface area contributed by atoms with Gasteiger partial charge in [0.15, 0.2) is 0 Å². The molecule has 1 atom stereocenters. The number of hydrogen-bond donors (Lipinski definition) is 1. The molecular weight excluding hydrogens is 254 g/mol. The summed E-state index contributed by atoms with van der Waals surface area (Å²) in [7, 11) is 0. The lowest BCUT2D eigenvalue weighted by Gasteiger charge is -2.17. The Morgan fingerprint density at radius 2 is 2.20 bits per heavy atom. The molecule has 20 heavy (non-hydrogen) atoms. The highest BCUT2D eigenvalue weighted by Crippen LogP contribution is 2.53. The monoisotopic (exact) mass is 273 g/mol. The average Bonchev–Trinajstić information content (AvgIpc) is 3.30. The summed E-state index contributed by atoms with van der Waals surface area (Å²) in [6.07, 6.45) is 5.62. The van der Waals surface area contributed by atoms with Crippen LogP contribution in [0.5, 0.6) is 0 Å². The van der Waals surface area contributed by atoms with Crippen molar-refractivity contribution in [2.75, 3.05) is 13.1 Å². The quantitative estimate of drug-likeness (QED) is 0.881. The number of nitrogens with zero attached hydrogens (tertiary/aromatic N) is 3. The largest absolute Gasteiger partial charge is 0.391 e. The summed E-state index contributed by atoms with van der Waals surface area (Å²) in [6, 6.07) is 0. The van der Waals surface area contributed by atoms with Crippen LogP contribution in [0.2, 0.25) is 0 Å². The Labute approximate surface area is 118 Å². The maximum Gasteiger partial charge on any atom is 0.257 e. The van der Waals surface area contributed by atoms with E-state index in [-0.39, 0.29) is 17.4 Å². The zero-order valence-corrected chi connectivity index (χ0v) is 11.7. The van der Waals surface area contributed by atoms with E-state index >= 15 is 0 Å². The van der Waals surface area contributed by atoms with E-state index in [1.807, 2.05) is 6.92 Å². The zero-order valence-electron chi connectivity index (χ0n) is 11.7. The first-order valence-electron chi connectivity index (χ1n) is 7.40. The van der Waals surface area contributed by atoms with Crippen molar-refractivity contribution in [3.8, 4) is 0 Å². The number of aliphatic hydroxyl groups is 1. The molecule has 1 aliphatic heterocycles. The molecule has 1 saturated heterocycles. The second-order valence-corrected chi connectivity index (χ2v) is 6.55. The number of likely N-dealkylation sites (tertiary alicyclic amines) is 1. The van der Waals surface area contributed by atoms with Gasteiger partial charge in [0.1, 0.15) is 5.82 Å². The summed E-state index contributed by atoms with van der Waals surface area (Å²) in [4.78, 5) is 23.2. The van der Waals surface area contributed by atoms with Crippen LogP contribution in [0.3, 0.4) is 0 Å². The molecule has 2 saturated carbocycles. The Morgan fingerprint density at radius 1 is 1.45 bits per heavy atom. The van der Waals surface area contributed by atoms with E-state index in [9.17, 15) is 9.90 Å². The fourth-order valence-electron chi connectivity index (χ4n) is 3.25. The van der Waals surface area contributed by atoms with Crippen molar-refractivity contribution in [2.45, 2.75) is 44.6 Å². The molecule has 0 aromatic carbocycles. The van der Waals surface area contributed by atoms with E-state index in [0.29, 0.717) is 24.6 Å². The van der Waals surface area contributed by atoms with Gasteiger partial charge in [0, 0.05) is 30.6 Å². The summed E-state index contributed by atoms with van der Waals surface area (Å²) in [5.41, 5.74) is 1.55. The molecule has 5 nitrogen and oxygen atoms in total. The Hall–Kier alpha value is -1.49. The van der Waals surface area contributed by atoms with Gasteiger partial charge >= 0.3 is 0 Å². The van der Waals surface area contributed by atoms with E-state index in [1.165, 1.54) is 0 Å². The van der Waals surface area contributed by atoms with E-state index in [4.69, 9.17) is 0 Å². The number of carbonyl (C=O) groups excluding carboxylic acids is 1. The minimum atomic E-state index is -0.359. The molecule has 1 aromatic rings. The molecule has 1 aromatic heterocycles. The summed E-state index contributed by atoms with van der Waals surface area (Å²) in [5.74, 6) is 1.15. The van der Waals surface area contributed by atoms with Gasteiger partial charge in [0.25, 0.3) is 5.91 Å². The molecule has 1 N–H and O–H groups in total. The number of aliphatic hydroxyl groups excluding tert-OH is 1. The standard InChI is InChI=1S/C15H19N3O2/c1-9-16-6-11(13(17-9)10-2-3-10)14(20)18-7-12(19)15(8-18)4-5-15/h6,10,12,19H,2-5,7-8H2,1H3. The first kappa shape index (κ1) is 12.3. The van der Waals surface area contributed by atoms with Crippen LogP contribution < -0.4 is 0 Å². The molecular formula is C15H19N3O2. The maximum absolute atomic E-state index is 12.7. The molecule has 2 heterocycles. The van der Waals surface area contributed by atoms with Crippen LogP contribution in [0.1, 0.15) is 53.5 Å². The van der Waals surface area contributed by atoms with Crippen LogP contribution in [0.15, 0.2) is 6.20 Å². The van der Waals surface area contributed by atoms with Crippen molar-refractivity contribution >= 4 is 5.91 Å². The van der Waals surface area contributed by atoms with Gasteiger partial charge < -0.3 is 10.0 Å². The van der Waals surface area contributed by atoms with E-state index in [2.05, 4.69) is 9.97 Å². The number of amides is 1. The fraction of sp³-hybridized carbons (Fsp3) is 0.667. The Bertz CT molecular complexity index is 578. The van der Waals surface area contributed by atoms with Crippen LogP contribution >= 0.6 is 0 Å². The van der Waals surface area contributed by atoms with Crippen LogP contribution in [0.25, 0.3) is 0 Å². The van der Waals surface area contributed by atoms with Crippen molar-refractivity contribution in [1.82, 2.24) is 14.9 Å². The molecule has 0 bridgehead atoms. The highest BCUT2D eigenvalue weighted by atomic mass is 16.3. The Balaban J connectivity index is 1.63. The minimum absolute atomic E-state index is 0.000951. The van der Waals surface area contributed by atoms with Gasteiger partial charge in [0.05, 0.1) is 17.4 Å². The van der Waals surface area contributed by atoms with E-state index < -0.39 is 0 Å². The van der Waals surface area contributed by atoms with Crippen LogP contribution in [-0.2, 0) is 0 Å². The molecule has 4 rings (SSSR count). The molecule has 1 spiro atoms. The van der Waals surface area contributed by atoms with E-state index in [0.717, 1.165) is 37.2 Å². The molecule has 2 aliphatic carbocycles. The van der Waals surface area contributed by atoms with Crippen LogP contribution in [0, 0.1) is 12.3 Å². The summed E-state index contributed by atoms with van der Waals surface area (Å²) < 4.78 is 0. The van der Waals surface area contributed by atoms with Crippen molar-refractivity contribution in [2.24, 2.45) is 5.41 Å². The number of carbonyl (C=O) groups is 1. The van der Waals surface area contributed by atoms with Crippen molar-refractivity contribution < 1.29 is 9.90 Å². The molecule has 1 unspecified atom stereocenters. The molecule has 1 amide bonds. The summed E-state index contributed by atoms with van der Waals surface area (Å²) in [6.45, 7) is 3.00. The molecule has 3 fully saturated rings. The second kappa shape index (κ2) is 4.01.